The summed E-state index contributed by atoms with van der Waals surface area (Å²) >= 11 is 1.18. The number of fused-ring (bicyclic) bond motifs is 1. The molecule has 1 amide bonds. The van der Waals surface area contributed by atoms with Crippen molar-refractivity contribution in [3.63, 3.8) is 0 Å². The summed E-state index contributed by atoms with van der Waals surface area (Å²) in [4.78, 5) is 30.9. The Kier molecular flexibility index (Phi) is 5.45. The smallest absolute Gasteiger partial charge is 0.259 e. The van der Waals surface area contributed by atoms with Crippen molar-refractivity contribution >= 4 is 28.6 Å². The van der Waals surface area contributed by atoms with Crippen molar-refractivity contribution in [3.05, 3.63) is 70.3 Å². The number of amides is 1. The first-order valence-corrected chi connectivity index (χ1v) is 8.73. The van der Waals surface area contributed by atoms with Crippen LogP contribution in [0.15, 0.2) is 58.5 Å². The van der Waals surface area contributed by atoms with Crippen molar-refractivity contribution < 1.29 is 9.18 Å². The molecule has 3 aromatic rings. The predicted molar refractivity (Wildman–Crippen MR) is 96.2 cm³/mol. The van der Waals surface area contributed by atoms with Crippen molar-refractivity contribution in [3.8, 4) is 0 Å². The first-order chi connectivity index (χ1) is 12.1. The van der Waals surface area contributed by atoms with Gasteiger partial charge in [-0.25, -0.2) is 9.37 Å². The molecule has 0 spiro atoms. The molecule has 3 rings (SSSR count). The molecule has 1 heterocycles. The number of aromatic nitrogens is 2. The van der Waals surface area contributed by atoms with Gasteiger partial charge in [0.05, 0.1) is 16.7 Å². The van der Waals surface area contributed by atoms with Crippen molar-refractivity contribution in [1.29, 1.82) is 0 Å². The van der Waals surface area contributed by atoms with Crippen LogP contribution in [0.2, 0.25) is 0 Å². The van der Waals surface area contributed by atoms with Crippen LogP contribution in [0.3, 0.4) is 0 Å². The maximum atomic E-state index is 12.8. The highest BCUT2D eigenvalue weighted by Crippen LogP contribution is 2.14. The summed E-state index contributed by atoms with van der Waals surface area (Å²) in [6.45, 7) is 0.465. The Morgan fingerprint density at radius 1 is 1.16 bits per heavy atom. The number of aromatic amines is 1. The van der Waals surface area contributed by atoms with Crippen LogP contribution in [0, 0.1) is 5.82 Å². The van der Waals surface area contributed by atoms with Crippen LogP contribution in [-0.2, 0) is 11.2 Å². The number of nitrogens with zero attached hydrogens (tertiary/aromatic N) is 1. The summed E-state index contributed by atoms with van der Waals surface area (Å²) in [6, 6.07) is 13.2. The minimum absolute atomic E-state index is 0.150. The third-order valence-corrected chi connectivity index (χ3v) is 4.45. The Morgan fingerprint density at radius 3 is 2.72 bits per heavy atom. The zero-order valence-corrected chi connectivity index (χ0v) is 14.1. The molecule has 0 atom stereocenters. The SMILES string of the molecule is O=C(CSc1nc2ccccc2c(=O)[nH]1)NCCc1ccc(F)cc1. The normalized spacial score (nSPS) is 10.8. The van der Waals surface area contributed by atoms with Crippen LogP contribution >= 0.6 is 11.8 Å². The van der Waals surface area contributed by atoms with Crippen LogP contribution in [0.4, 0.5) is 4.39 Å². The second kappa shape index (κ2) is 7.94. The van der Waals surface area contributed by atoms with Gasteiger partial charge >= 0.3 is 0 Å². The number of para-hydroxylation sites is 1. The summed E-state index contributed by atoms with van der Waals surface area (Å²) in [5.74, 6) is -0.269. The largest absolute Gasteiger partial charge is 0.355 e. The predicted octanol–water partition coefficient (Wildman–Crippen LogP) is 2.51. The number of thioether (sulfide) groups is 1. The molecular formula is C18H16FN3O2S. The van der Waals surface area contributed by atoms with E-state index in [1.165, 1.54) is 23.9 Å². The van der Waals surface area contributed by atoms with Crippen molar-refractivity contribution in [2.45, 2.75) is 11.6 Å². The third-order valence-electron chi connectivity index (χ3n) is 3.58. The van der Waals surface area contributed by atoms with Gasteiger partial charge in [0.1, 0.15) is 5.82 Å². The fourth-order valence-corrected chi connectivity index (χ4v) is 3.01. The number of carbonyl (C=O) groups is 1. The molecule has 25 heavy (non-hydrogen) atoms. The molecule has 0 bridgehead atoms. The monoisotopic (exact) mass is 357 g/mol. The fourth-order valence-electron chi connectivity index (χ4n) is 2.32. The molecule has 128 valence electrons. The molecule has 0 unspecified atom stereocenters. The van der Waals surface area contributed by atoms with E-state index >= 15 is 0 Å². The Bertz CT molecular complexity index is 941. The van der Waals surface area contributed by atoms with Crippen molar-refractivity contribution in [2.24, 2.45) is 0 Å². The number of rotatable bonds is 6. The van der Waals surface area contributed by atoms with Crippen molar-refractivity contribution in [1.82, 2.24) is 15.3 Å². The van der Waals surface area contributed by atoms with Crippen LogP contribution in [-0.4, -0.2) is 28.2 Å². The number of nitrogens with one attached hydrogen (secondary N) is 2. The number of benzene rings is 2. The molecule has 2 aromatic carbocycles. The zero-order chi connectivity index (χ0) is 17.6. The Hall–Kier alpha value is -2.67. The van der Waals surface area contributed by atoms with Gasteiger partial charge in [-0.15, -0.1) is 0 Å². The van der Waals surface area contributed by atoms with Crippen LogP contribution < -0.4 is 10.9 Å². The van der Waals surface area contributed by atoms with Gasteiger partial charge in [0.2, 0.25) is 5.91 Å². The second-order valence-electron chi connectivity index (χ2n) is 5.40. The first kappa shape index (κ1) is 17.2. The molecule has 0 radical (unpaired) electrons. The molecular weight excluding hydrogens is 341 g/mol. The van der Waals surface area contributed by atoms with Crippen LogP contribution in [0.5, 0.6) is 0 Å². The minimum atomic E-state index is -0.277. The lowest BCUT2D eigenvalue weighted by Gasteiger charge is -2.06. The molecule has 7 heteroatoms. The lowest BCUT2D eigenvalue weighted by Crippen LogP contribution is -2.27. The van der Waals surface area contributed by atoms with Gasteiger partial charge in [0.25, 0.3) is 5.56 Å². The van der Waals surface area contributed by atoms with Gasteiger partial charge in [-0.2, -0.15) is 0 Å². The number of H-pyrrole nitrogens is 1. The van der Waals surface area contributed by atoms with E-state index in [0.717, 1.165) is 5.56 Å². The highest BCUT2D eigenvalue weighted by molar-refractivity contribution is 7.99. The molecule has 0 saturated heterocycles. The number of halogens is 1. The summed E-state index contributed by atoms with van der Waals surface area (Å²) in [5.41, 5.74) is 1.34. The van der Waals surface area contributed by atoms with Gasteiger partial charge in [-0.1, -0.05) is 36.0 Å². The average molecular weight is 357 g/mol. The first-order valence-electron chi connectivity index (χ1n) is 7.75. The summed E-state index contributed by atoms with van der Waals surface area (Å²) in [6.07, 6.45) is 0.627. The molecule has 2 N–H and O–H groups in total. The Morgan fingerprint density at radius 2 is 1.92 bits per heavy atom. The van der Waals surface area contributed by atoms with E-state index in [-0.39, 0.29) is 23.0 Å². The van der Waals surface area contributed by atoms with E-state index < -0.39 is 0 Å². The number of hydrogen-bond acceptors (Lipinski definition) is 4. The molecule has 5 nitrogen and oxygen atoms in total. The van der Waals surface area contributed by atoms with Gasteiger partial charge < -0.3 is 10.3 Å². The van der Waals surface area contributed by atoms with E-state index in [1.807, 2.05) is 6.07 Å². The highest BCUT2D eigenvalue weighted by Gasteiger charge is 2.07. The van der Waals surface area contributed by atoms with Crippen molar-refractivity contribution in [2.75, 3.05) is 12.3 Å². The Labute approximate surface area is 147 Å². The van der Waals surface area contributed by atoms with Gasteiger partial charge in [-0.05, 0) is 36.2 Å². The molecule has 0 fully saturated rings. The summed E-state index contributed by atoms with van der Waals surface area (Å²) in [7, 11) is 0. The van der Waals surface area contributed by atoms with E-state index in [9.17, 15) is 14.0 Å². The molecule has 0 saturated carbocycles. The Balaban J connectivity index is 1.50. The maximum absolute atomic E-state index is 12.8. The topological polar surface area (TPSA) is 74.8 Å². The summed E-state index contributed by atoms with van der Waals surface area (Å²) in [5, 5.41) is 3.73. The van der Waals surface area contributed by atoms with E-state index in [2.05, 4.69) is 15.3 Å². The van der Waals surface area contributed by atoms with Gasteiger partial charge in [0.15, 0.2) is 5.16 Å². The highest BCUT2D eigenvalue weighted by atomic mass is 32.2. The second-order valence-corrected chi connectivity index (χ2v) is 6.37. The van der Waals surface area contributed by atoms with Gasteiger partial charge in [0, 0.05) is 6.54 Å². The summed E-state index contributed by atoms with van der Waals surface area (Å²) < 4.78 is 12.8. The molecule has 1 aromatic heterocycles. The average Bonchev–Trinajstić information content (AvgIpc) is 2.62. The lowest BCUT2D eigenvalue weighted by molar-refractivity contribution is -0.118. The van der Waals surface area contributed by atoms with E-state index in [4.69, 9.17) is 0 Å². The van der Waals surface area contributed by atoms with Crippen LogP contribution in [0.1, 0.15) is 5.56 Å². The van der Waals surface area contributed by atoms with Gasteiger partial charge in [-0.3, -0.25) is 9.59 Å². The van der Waals surface area contributed by atoms with E-state index in [1.54, 1.807) is 30.3 Å². The minimum Gasteiger partial charge on any atom is -0.355 e. The molecule has 0 aliphatic carbocycles. The standard InChI is InChI=1S/C18H16FN3O2S/c19-13-7-5-12(6-8-13)9-10-20-16(23)11-25-18-21-15-4-2-1-3-14(15)17(24)22-18/h1-8H,9-11H2,(H,20,23)(H,21,22,24). The molecule has 0 aliphatic heterocycles. The number of hydrogen-bond donors (Lipinski definition) is 2. The zero-order valence-electron chi connectivity index (χ0n) is 13.3. The quantitative estimate of drug-likeness (QED) is 0.525. The lowest BCUT2D eigenvalue weighted by atomic mass is 10.1. The fraction of sp³-hybridized carbons (Fsp3) is 0.167. The molecule has 0 aliphatic rings. The third kappa shape index (κ3) is 4.67. The van der Waals surface area contributed by atoms with Crippen LogP contribution in [0.25, 0.3) is 10.9 Å². The van der Waals surface area contributed by atoms with E-state index in [0.29, 0.717) is 29.0 Å². The number of carbonyl (C=O) groups excluding carboxylic acids is 1. The maximum Gasteiger partial charge on any atom is 0.259 e.